The number of hydrogen-bond donors (Lipinski definition) is 1. The van der Waals surface area contributed by atoms with Gasteiger partial charge in [0.15, 0.2) is 6.61 Å². The highest BCUT2D eigenvalue weighted by Crippen LogP contribution is 2.37. The van der Waals surface area contributed by atoms with Gasteiger partial charge in [0.1, 0.15) is 6.54 Å². The second kappa shape index (κ2) is 9.67. The third kappa shape index (κ3) is 5.22. The molecule has 0 spiro atoms. The number of carbonyl (C=O) groups excluding carboxylic acids is 4. The van der Waals surface area contributed by atoms with Crippen LogP contribution in [0.5, 0.6) is 0 Å². The molecule has 0 radical (unpaired) electrons. The average molecular weight is 400 g/mol. The predicted octanol–water partition coefficient (Wildman–Crippen LogP) is 2.69. The highest BCUT2D eigenvalue weighted by atomic mass is 16.5. The summed E-state index contributed by atoms with van der Waals surface area (Å²) in [5.41, 5.74) is 1.83. The number of imide groups is 1. The number of amides is 3. The zero-order chi connectivity index (χ0) is 20.8. The van der Waals surface area contributed by atoms with Gasteiger partial charge in [0.05, 0.1) is 11.8 Å². The quantitative estimate of drug-likeness (QED) is 0.535. The van der Waals surface area contributed by atoms with Crippen molar-refractivity contribution >= 4 is 29.4 Å². The lowest BCUT2D eigenvalue weighted by Gasteiger charge is -2.19. The number of fused-ring (bicyclic) bond motifs is 1. The Kier molecular flexibility index (Phi) is 7.01. The van der Waals surface area contributed by atoms with Crippen LogP contribution in [0.15, 0.2) is 24.3 Å². The summed E-state index contributed by atoms with van der Waals surface area (Å²) in [6.45, 7) is 1.25. The van der Waals surface area contributed by atoms with Crippen LogP contribution >= 0.6 is 0 Å². The lowest BCUT2D eigenvalue weighted by atomic mass is 9.81. The molecule has 2 aliphatic rings. The molecular weight excluding hydrogens is 372 g/mol. The van der Waals surface area contributed by atoms with E-state index in [4.69, 9.17) is 4.74 Å². The fourth-order valence-electron chi connectivity index (χ4n) is 4.04. The highest BCUT2D eigenvalue weighted by molar-refractivity contribution is 6.07. The molecule has 0 bridgehead atoms. The van der Waals surface area contributed by atoms with Gasteiger partial charge in [-0.1, -0.05) is 38.3 Å². The molecule has 2 fully saturated rings. The minimum Gasteiger partial charge on any atom is -0.454 e. The molecule has 0 aromatic heterocycles. The number of benzene rings is 1. The minimum atomic E-state index is -0.754. The van der Waals surface area contributed by atoms with Crippen molar-refractivity contribution in [2.45, 2.75) is 51.9 Å². The SMILES string of the molecule is CCCCc1ccc(NC(=O)COC(=O)CN2C(=O)[C@H]3CCCC[C@H]3C2=O)cc1. The lowest BCUT2D eigenvalue weighted by molar-refractivity contribution is -0.154. The zero-order valence-electron chi connectivity index (χ0n) is 16.8. The summed E-state index contributed by atoms with van der Waals surface area (Å²) in [7, 11) is 0. The molecular formula is C22H28N2O5. The average Bonchev–Trinajstić information content (AvgIpc) is 2.97. The largest absolute Gasteiger partial charge is 0.454 e. The lowest BCUT2D eigenvalue weighted by Crippen LogP contribution is -2.37. The molecule has 1 aliphatic heterocycles. The van der Waals surface area contributed by atoms with Crippen molar-refractivity contribution in [1.82, 2.24) is 4.90 Å². The van der Waals surface area contributed by atoms with Gasteiger partial charge >= 0.3 is 5.97 Å². The number of nitrogens with one attached hydrogen (secondary N) is 1. The van der Waals surface area contributed by atoms with Gasteiger partial charge in [0, 0.05) is 5.69 Å². The van der Waals surface area contributed by atoms with E-state index in [0.717, 1.165) is 37.0 Å². The first-order valence-electron chi connectivity index (χ1n) is 10.4. The highest BCUT2D eigenvalue weighted by Gasteiger charge is 2.48. The Morgan fingerprint density at radius 3 is 2.28 bits per heavy atom. The third-order valence-electron chi connectivity index (χ3n) is 5.64. The van der Waals surface area contributed by atoms with E-state index in [1.54, 1.807) is 0 Å². The molecule has 1 aromatic carbocycles. The Morgan fingerprint density at radius 2 is 1.69 bits per heavy atom. The van der Waals surface area contributed by atoms with Crippen LogP contribution in [0.3, 0.4) is 0 Å². The van der Waals surface area contributed by atoms with Crippen LogP contribution in [0.25, 0.3) is 0 Å². The first-order valence-corrected chi connectivity index (χ1v) is 10.4. The molecule has 3 rings (SSSR count). The maximum atomic E-state index is 12.4. The van der Waals surface area contributed by atoms with Crippen molar-refractivity contribution in [2.24, 2.45) is 11.8 Å². The van der Waals surface area contributed by atoms with Crippen LogP contribution in [0.2, 0.25) is 0 Å². The fraction of sp³-hybridized carbons (Fsp3) is 0.545. The van der Waals surface area contributed by atoms with Crippen molar-refractivity contribution in [2.75, 3.05) is 18.5 Å². The van der Waals surface area contributed by atoms with E-state index in [2.05, 4.69) is 12.2 Å². The number of unbranched alkanes of at least 4 members (excludes halogenated alkanes) is 1. The molecule has 7 heteroatoms. The van der Waals surface area contributed by atoms with E-state index in [1.807, 2.05) is 24.3 Å². The summed E-state index contributed by atoms with van der Waals surface area (Å²) in [6.07, 6.45) is 6.49. The van der Waals surface area contributed by atoms with Gasteiger partial charge in [-0.3, -0.25) is 24.1 Å². The smallest absolute Gasteiger partial charge is 0.326 e. The number of carbonyl (C=O) groups is 4. The Balaban J connectivity index is 1.43. The van der Waals surface area contributed by atoms with Gasteiger partial charge in [-0.2, -0.15) is 0 Å². The Hall–Kier alpha value is -2.70. The summed E-state index contributed by atoms with van der Waals surface area (Å²) in [5.74, 6) is -2.39. The first kappa shape index (κ1) is 21.0. The van der Waals surface area contributed by atoms with Gasteiger partial charge < -0.3 is 10.1 Å². The van der Waals surface area contributed by atoms with Gasteiger partial charge in [0.25, 0.3) is 5.91 Å². The van der Waals surface area contributed by atoms with Crippen molar-refractivity contribution in [3.05, 3.63) is 29.8 Å². The Bertz CT molecular complexity index is 750. The number of nitrogens with zero attached hydrogens (tertiary/aromatic N) is 1. The van der Waals surface area contributed by atoms with Crippen molar-refractivity contribution in [3.63, 3.8) is 0 Å². The normalized spacial score (nSPS) is 21.1. The van der Waals surface area contributed by atoms with Gasteiger partial charge in [0.2, 0.25) is 11.8 Å². The predicted molar refractivity (Wildman–Crippen MR) is 107 cm³/mol. The molecule has 1 saturated heterocycles. The van der Waals surface area contributed by atoms with Crippen molar-refractivity contribution < 1.29 is 23.9 Å². The number of ether oxygens (including phenoxy) is 1. The van der Waals surface area contributed by atoms with Gasteiger partial charge in [-0.15, -0.1) is 0 Å². The van der Waals surface area contributed by atoms with Crippen LogP contribution in [0.4, 0.5) is 5.69 Å². The molecule has 29 heavy (non-hydrogen) atoms. The van der Waals surface area contributed by atoms with Gasteiger partial charge in [-0.05, 0) is 43.4 Å². The minimum absolute atomic E-state index is 0.288. The molecule has 2 atom stereocenters. The Morgan fingerprint density at radius 1 is 1.07 bits per heavy atom. The maximum absolute atomic E-state index is 12.4. The number of hydrogen-bond acceptors (Lipinski definition) is 5. The topological polar surface area (TPSA) is 92.8 Å². The van der Waals surface area contributed by atoms with Crippen LogP contribution in [-0.2, 0) is 30.3 Å². The summed E-state index contributed by atoms with van der Waals surface area (Å²) in [4.78, 5) is 49.8. The molecule has 0 unspecified atom stereocenters. The van der Waals surface area contributed by atoms with Crippen LogP contribution in [0.1, 0.15) is 51.0 Å². The van der Waals surface area contributed by atoms with E-state index in [9.17, 15) is 19.2 Å². The molecule has 1 aliphatic carbocycles. The molecule has 156 valence electrons. The second-order valence-corrected chi connectivity index (χ2v) is 7.77. The first-order chi connectivity index (χ1) is 14.0. The van der Waals surface area contributed by atoms with E-state index < -0.39 is 25.0 Å². The summed E-state index contributed by atoms with van der Waals surface area (Å²) in [6, 6.07) is 7.55. The summed E-state index contributed by atoms with van der Waals surface area (Å²) < 4.78 is 4.97. The number of rotatable bonds is 8. The monoisotopic (exact) mass is 400 g/mol. The third-order valence-corrected chi connectivity index (χ3v) is 5.64. The summed E-state index contributed by atoms with van der Waals surface area (Å²) in [5, 5.41) is 2.67. The number of esters is 1. The fourth-order valence-corrected chi connectivity index (χ4v) is 4.04. The van der Waals surface area contributed by atoms with Crippen LogP contribution in [0, 0.1) is 11.8 Å². The Labute approximate surface area is 170 Å². The van der Waals surface area contributed by atoms with E-state index in [0.29, 0.717) is 18.5 Å². The molecule has 1 N–H and O–H groups in total. The number of likely N-dealkylation sites (tertiary alicyclic amines) is 1. The zero-order valence-corrected chi connectivity index (χ0v) is 16.8. The van der Waals surface area contributed by atoms with Crippen LogP contribution in [-0.4, -0.2) is 41.7 Å². The maximum Gasteiger partial charge on any atom is 0.326 e. The summed E-state index contributed by atoms with van der Waals surface area (Å²) >= 11 is 0. The molecule has 1 heterocycles. The standard InChI is InChI=1S/C22H28N2O5/c1-2-3-6-15-9-11-16(12-10-15)23-19(25)14-29-20(26)13-24-21(27)17-7-4-5-8-18(17)22(24)28/h9-12,17-18H,2-8,13-14H2,1H3,(H,23,25)/t17-,18+. The van der Waals surface area contributed by atoms with Crippen molar-refractivity contribution in [1.29, 1.82) is 0 Å². The van der Waals surface area contributed by atoms with E-state index in [1.165, 1.54) is 5.56 Å². The van der Waals surface area contributed by atoms with Gasteiger partial charge in [-0.25, -0.2) is 0 Å². The van der Waals surface area contributed by atoms with Crippen molar-refractivity contribution in [3.8, 4) is 0 Å². The molecule has 7 nitrogen and oxygen atoms in total. The number of aryl methyl sites for hydroxylation is 1. The molecule has 1 aromatic rings. The van der Waals surface area contributed by atoms with E-state index >= 15 is 0 Å². The van der Waals surface area contributed by atoms with E-state index in [-0.39, 0.29) is 23.7 Å². The second-order valence-electron chi connectivity index (χ2n) is 7.77. The molecule has 1 saturated carbocycles. The molecule has 3 amide bonds. The number of anilines is 1. The van der Waals surface area contributed by atoms with Crippen LogP contribution < -0.4 is 5.32 Å².